The first-order valence-corrected chi connectivity index (χ1v) is 3.10. The van der Waals surface area contributed by atoms with E-state index in [1.165, 1.54) is 0 Å². The Balaban J connectivity index is 0. The minimum absolute atomic E-state index is 0. The van der Waals surface area contributed by atoms with Crippen LogP contribution in [-0.2, 0) is 9.24 Å². The summed E-state index contributed by atoms with van der Waals surface area (Å²) in [4.78, 5) is 0. The van der Waals surface area contributed by atoms with Crippen LogP contribution in [0.3, 0.4) is 0 Å². The van der Waals surface area contributed by atoms with Crippen molar-refractivity contribution >= 4 is 88.8 Å². The Morgan fingerprint density at radius 1 is 1.50 bits per heavy atom. The van der Waals surface area contributed by atoms with E-state index in [2.05, 4.69) is 15.8 Å². The maximum absolute atomic E-state index is 9.18. The molecule has 0 radical (unpaired) electrons. The molecule has 6 heteroatoms. The predicted octanol–water partition coefficient (Wildman–Crippen LogP) is -1.22. The zero-order valence-electron chi connectivity index (χ0n) is 2.18. The Labute approximate surface area is 99.6 Å². The third kappa shape index (κ3) is 34.0. The first-order valence-electron chi connectivity index (χ1n) is 0.723. The standard InChI is InChI=1S/ClH2NO2S.Cs.H/c1-5(2,3)4;;/h(H2,2,3,4);;. The molecule has 6 heavy (non-hydrogen) atoms. The first-order chi connectivity index (χ1) is 2.00. The number of halogens is 1. The van der Waals surface area contributed by atoms with Gasteiger partial charge in [-0.15, -0.1) is 0 Å². The summed E-state index contributed by atoms with van der Waals surface area (Å²) in [5, 5.41) is 4.09. The van der Waals surface area contributed by atoms with Crippen molar-refractivity contribution in [2.45, 2.75) is 0 Å². The van der Waals surface area contributed by atoms with Gasteiger partial charge in [0.15, 0.2) is 0 Å². The van der Waals surface area contributed by atoms with E-state index in [4.69, 9.17) is 0 Å². The van der Waals surface area contributed by atoms with Gasteiger partial charge in [0.05, 0.1) is 0 Å². The van der Waals surface area contributed by atoms with Crippen LogP contribution < -0.4 is 5.14 Å². The summed E-state index contributed by atoms with van der Waals surface area (Å²) in [7, 11) is 0.586. The Kier molecular flexibility index (Phi) is 7.70. The SMILES string of the molecule is NS(=O)(=O)Cl.[CsH]. The van der Waals surface area contributed by atoms with E-state index in [9.17, 15) is 8.42 Å². The van der Waals surface area contributed by atoms with Gasteiger partial charge in [0.2, 0.25) is 0 Å². The normalized spacial score (nSPS) is 9.67. The first kappa shape index (κ1) is 11.1. The van der Waals surface area contributed by atoms with Crippen molar-refractivity contribution in [2.24, 2.45) is 5.14 Å². The van der Waals surface area contributed by atoms with Crippen LogP contribution in [0.1, 0.15) is 0 Å². The third-order valence-corrected chi connectivity index (χ3v) is 0. The van der Waals surface area contributed by atoms with Gasteiger partial charge in [-0.05, 0) is 0 Å². The van der Waals surface area contributed by atoms with Crippen molar-refractivity contribution in [3.63, 3.8) is 0 Å². The van der Waals surface area contributed by atoms with Crippen LogP contribution in [0.15, 0.2) is 0 Å². The predicted molar refractivity (Wildman–Crippen MR) is 26.1 cm³/mol. The summed E-state index contributed by atoms with van der Waals surface area (Å²) in [5.74, 6) is 0. The van der Waals surface area contributed by atoms with Crippen LogP contribution in [0.25, 0.3) is 0 Å². The van der Waals surface area contributed by atoms with Gasteiger partial charge in [-0.25, -0.2) is 5.14 Å². The van der Waals surface area contributed by atoms with E-state index in [1.54, 1.807) is 0 Å². The van der Waals surface area contributed by atoms with Gasteiger partial charge in [-0.2, -0.15) is 8.42 Å². The summed E-state index contributed by atoms with van der Waals surface area (Å²) in [6.45, 7) is 0. The fourth-order valence-corrected chi connectivity index (χ4v) is 0. The molecule has 0 aromatic carbocycles. The van der Waals surface area contributed by atoms with Crippen molar-refractivity contribution in [1.29, 1.82) is 0 Å². The van der Waals surface area contributed by atoms with Gasteiger partial charge in [0, 0.05) is 10.7 Å². The molecule has 0 aromatic heterocycles. The average Bonchev–Trinajstić information content (AvgIpc) is 0.722. The second-order valence-electron chi connectivity index (χ2n) is 0.476. The molecule has 0 atom stereocenters. The molecule has 2 N–H and O–H groups in total. The summed E-state index contributed by atoms with van der Waals surface area (Å²) >= 11 is 0. The van der Waals surface area contributed by atoms with Gasteiger partial charge in [-0.3, -0.25) is 0 Å². The monoisotopic (exact) mass is 249 g/mol. The van der Waals surface area contributed by atoms with Crippen molar-refractivity contribution in [3.05, 3.63) is 0 Å². The fourth-order valence-electron chi connectivity index (χ4n) is 0. The molecule has 0 amide bonds. The molecule has 0 aliphatic carbocycles. The van der Waals surface area contributed by atoms with E-state index >= 15 is 0 Å². The summed E-state index contributed by atoms with van der Waals surface area (Å²) in [5.41, 5.74) is 0. The molecule has 0 heterocycles. The van der Waals surface area contributed by atoms with E-state index in [0.717, 1.165) is 0 Å². The number of rotatable bonds is 0. The molecular weight excluding hydrogens is 246 g/mol. The molecule has 0 spiro atoms. The molecule has 3 nitrogen and oxygen atoms in total. The molecule has 0 aliphatic rings. The number of hydrogen-bond acceptors (Lipinski definition) is 2. The van der Waals surface area contributed by atoms with Gasteiger partial charge in [0.25, 0.3) is 9.24 Å². The van der Waals surface area contributed by atoms with E-state index < -0.39 is 9.24 Å². The number of hydrogen-bond donors (Lipinski definition) is 1. The fraction of sp³-hybridized carbons (Fsp3) is 0. The number of nitrogens with two attached hydrogens (primary N) is 1. The van der Waals surface area contributed by atoms with Crippen molar-refractivity contribution in [2.75, 3.05) is 0 Å². The quantitative estimate of drug-likeness (QED) is 0.547. The molecule has 0 saturated heterocycles. The second kappa shape index (κ2) is 4.16. The third-order valence-electron chi connectivity index (χ3n) is 0. The Morgan fingerprint density at radius 2 is 1.50 bits per heavy atom. The molecule has 34 valence electrons. The molecule has 0 fully saturated rings. The summed E-state index contributed by atoms with van der Waals surface area (Å²) < 4.78 is 18.4. The summed E-state index contributed by atoms with van der Waals surface area (Å²) in [6, 6.07) is 0. The molecule has 0 rings (SSSR count). The minimum atomic E-state index is -3.69. The van der Waals surface area contributed by atoms with Crippen LogP contribution in [0.2, 0.25) is 0 Å². The molecule has 0 aromatic rings. The maximum atomic E-state index is 9.18. The van der Waals surface area contributed by atoms with Gasteiger partial charge in [-0.1, -0.05) is 0 Å². The Bertz CT molecular complexity index is 96.7. The molecule has 0 bridgehead atoms. The topological polar surface area (TPSA) is 60.2 Å². The Morgan fingerprint density at radius 3 is 1.50 bits per heavy atom. The van der Waals surface area contributed by atoms with Crippen LogP contribution >= 0.6 is 10.7 Å². The molecular formula is H3ClCsNO2S. The van der Waals surface area contributed by atoms with Gasteiger partial charge >= 0.3 is 68.9 Å². The van der Waals surface area contributed by atoms with Crippen molar-refractivity contribution in [3.8, 4) is 0 Å². The van der Waals surface area contributed by atoms with E-state index in [1.807, 2.05) is 0 Å². The van der Waals surface area contributed by atoms with Gasteiger partial charge < -0.3 is 0 Å². The van der Waals surface area contributed by atoms with Crippen LogP contribution in [0.5, 0.6) is 0 Å². The van der Waals surface area contributed by atoms with E-state index in [-0.39, 0.29) is 68.9 Å². The van der Waals surface area contributed by atoms with Crippen LogP contribution in [-0.4, -0.2) is 77.3 Å². The van der Waals surface area contributed by atoms with Crippen LogP contribution in [0, 0.1) is 0 Å². The van der Waals surface area contributed by atoms with Crippen molar-refractivity contribution in [1.82, 2.24) is 0 Å². The zero-order chi connectivity index (χ0) is 4.50. The molecule has 0 saturated carbocycles. The van der Waals surface area contributed by atoms with Crippen LogP contribution in [0.4, 0.5) is 0 Å². The molecule has 0 aliphatic heterocycles. The van der Waals surface area contributed by atoms with Gasteiger partial charge in [0.1, 0.15) is 0 Å². The Hall–Kier alpha value is 2.25. The van der Waals surface area contributed by atoms with Crippen molar-refractivity contribution < 1.29 is 8.42 Å². The second-order valence-corrected chi connectivity index (χ2v) is 2.72. The zero-order valence-corrected chi connectivity index (χ0v) is 3.75. The molecule has 0 unspecified atom stereocenters. The summed E-state index contributed by atoms with van der Waals surface area (Å²) in [6.07, 6.45) is 0. The average molecular weight is 249 g/mol. The van der Waals surface area contributed by atoms with E-state index in [0.29, 0.717) is 0 Å².